The summed E-state index contributed by atoms with van der Waals surface area (Å²) in [6.07, 6.45) is 1.90. The van der Waals surface area contributed by atoms with Crippen LogP contribution in [0.2, 0.25) is 0 Å². The Morgan fingerprint density at radius 1 is 1.27 bits per heavy atom. The van der Waals surface area contributed by atoms with E-state index in [1.807, 2.05) is 43.5 Å². The predicted molar refractivity (Wildman–Crippen MR) is 118 cm³/mol. The van der Waals surface area contributed by atoms with Crippen molar-refractivity contribution in [3.05, 3.63) is 41.5 Å². The maximum Gasteiger partial charge on any atom is 0.260 e. The van der Waals surface area contributed by atoms with E-state index < -0.39 is 9.84 Å². The van der Waals surface area contributed by atoms with Crippen LogP contribution in [0.1, 0.15) is 18.9 Å². The third-order valence-corrected chi connectivity index (χ3v) is 7.98. The second kappa shape index (κ2) is 8.31. The molecule has 30 heavy (non-hydrogen) atoms. The van der Waals surface area contributed by atoms with Gasteiger partial charge >= 0.3 is 0 Å². The quantitative estimate of drug-likeness (QED) is 0.579. The normalized spacial score (nSPS) is 17.9. The Morgan fingerprint density at radius 2 is 2.03 bits per heavy atom. The Bertz CT molecular complexity index is 1170. The monoisotopic (exact) mass is 445 g/mol. The van der Waals surface area contributed by atoms with Gasteiger partial charge in [0.1, 0.15) is 11.2 Å². The molecular weight excluding hydrogens is 422 g/mol. The number of hydrogen-bond acceptors (Lipinski definition) is 7. The topological polar surface area (TPSA) is 89.5 Å². The van der Waals surface area contributed by atoms with E-state index in [9.17, 15) is 13.2 Å². The van der Waals surface area contributed by atoms with Crippen LogP contribution in [0.4, 0.5) is 0 Å². The molecule has 3 heterocycles. The van der Waals surface area contributed by atoms with Gasteiger partial charge in [-0.3, -0.25) is 4.79 Å². The summed E-state index contributed by atoms with van der Waals surface area (Å²) in [7, 11) is -3.07. The number of sulfone groups is 1. The molecule has 0 bridgehead atoms. The number of likely N-dealkylation sites (N-methyl/N-ethyl adjacent to an activating group) is 1. The van der Waals surface area contributed by atoms with Crippen molar-refractivity contribution in [2.75, 3.05) is 24.7 Å². The number of aryl methyl sites for hydroxylation is 1. The fourth-order valence-electron chi connectivity index (χ4n) is 3.78. The molecule has 0 radical (unpaired) electrons. The van der Waals surface area contributed by atoms with Gasteiger partial charge in [-0.25, -0.2) is 18.4 Å². The van der Waals surface area contributed by atoms with Gasteiger partial charge in [0.2, 0.25) is 5.88 Å². The maximum absolute atomic E-state index is 12.8. The van der Waals surface area contributed by atoms with Crippen LogP contribution >= 0.6 is 11.3 Å². The number of ether oxygens (including phenoxy) is 1. The molecule has 7 nitrogen and oxygen atoms in total. The number of nitrogens with zero attached hydrogens (tertiary/aromatic N) is 3. The van der Waals surface area contributed by atoms with E-state index in [1.165, 1.54) is 23.2 Å². The molecule has 158 valence electrons. The Balaban J connectivity index is 1.56. The summed E-state index contributed by atoms with van der Waals surface area (Å²) in [6.45, 7) is 4.13. The number of amides is 1. The second-order valence-corrected chi connectivity index (χ2v) is 10.5. The zero-order valence-electron chi connectivity index (χ0n) is 16.9. The molecule has 9 heteroatoms. The Labute approximate surface area is 179 Å². The van der Waals surface area contributed by atoms with Gasteiger partial charge in [0.15, 0.2) is 16.4 Å². The lowest BCUT2D eigenvalue weighted by atomic mass is 10.0. The highest BCUT2D eigenvalue weighted by Gasteiger charge is 2.34. The number of fused-ring (bicyclic) bond motifs is 1. The van der Waals surface area contributed by atoms with Crippen molar-refractivity contribution < 1.29 is 17.9 Å². The highest BCUT2D eigenvalue weighted by atomic mass is 32.2. The van der Waals surface area contributed by atoms with E-state index in [0.717, 1.165) is 21.3 Å². The molecular formula is C21H23N3O4S2. The number of aromatic nitrogens is 2. The summed E-state index contributed by atoms with van der Waals surface area (Å²) in [5.41, 5.74) is 3.17. The Morgan fingerprint density at radius 3 is 2.70 bits per heavy atom. The predicted octanol–water partition coefficient (Wildman–Crippen LogP) is 3.08. The summed E-state index contributed by atoms with van der Waals surface area (Å²) >= 11 is 1.50. The fourth-order valence-corrected chi connectivity index (χ4v) is 6.41. The zero-order chi connectivity index (χ0) is 21.3. The number of benzene rings is 1. The lowest BCUT2D eigenvalue weighted by Gasteiger charge is -2.26. The molecule has 0 aliphatic carbocycles. The highest BCUT2D eigenvalue weighted by Crippen LogP contribution is 2.37. The molecule has 3 aromatic rings. The van der Waals surface area contributed by atoms with Crippen LogP contribution in [-0.4, -0.2) is 59.9 Å². The van der Waals surface area contributed by atoms with Crippen molar-refractivity contribution in [3.8, 4) is 17.0 Å². The smallest absolute Gasteiger partial charge is 0.260 e. The molecule has 1 aliphatic heterocycles. The van der Waals surface area contributed by atoms with Crippen molar-refractivity contribution in [2.45, 2.75) is 26.3 Å². The minimum atomic E-state index is -3.07. The number of thiophene rings is 1. The van der Waals surface area contributed by atoms with E-state index in [4.69, 9.17) is 4.74 Å². The zero-order valence-corrected chi connectivity index (χ0v) is 18.5. The number of carbonyl (C=O) groups excluding carboxylic acids is 1. The van der Waals surface area contributed by atoms with E-state index in [-0.39, 0.29) is 30.1 Å². The standard InChI is InChI=1S/C21H23N3O4S2/c1-3-24(16-8-9-30(26,27)12-16)18(25)10-28-20-19-17(11-29-21(19)23-13-22-20)15-6-4-14(2)5-7-15/h4-7,11,13,16H,3,8-10,12H2,1-2H3. The largest absolute Gasteiger partial charge is 0.467 e. The third-order valence-electron chi connectivity index (χ3n) is 5.34. The third kappa shape index (κ3) is 4.17. The van der Waals surface area contributed by atoms with Gasteiger partial charge in [-0.15, -0.1) is 11.3 Å². The van der Waals surface area contributed by atoms with Crippen LogP contribution in [0, 0.1) is 6.92 Å². The average molecular weight is 446 g/mol. The fraction of sp³-hybridized carbons (Fsp3) is 0.381. The van der Waals surface area contributed by atoms with Crippen LogP contribution in [-0.2, 0) is 14.6 Å². The molecule has 4 rings (SSSR count). The summed E-state index contributed by atoms with van der Waals surface area (Å²) in [6, 6.07) is 7.88. The summed E-state index contributed by atoms with van der Waals surface area (Å²) in [4.78, 5) is 23.8. The minimum Gasteiger partial charge on any atom is -0.467 e. The van der Waals surface area contributed by atoms with E-state index in [2.05, 4.69) is 9.97 Å². The van der Waals surface area contributed by atoms with E-state index in [1.54, 1.807) is 4.90 Å². The van der Waals surface area contributed by atoms with E-state index in [0.29, 0.717) is 18.8 Å². The number of hydrogen-bond donors (Lipinski definition) is 0. The van der Waals surface area contributed by atoms with Gasteiger partial charge in [-0.05, 0) is 25.8 Å². The molecule has 1 aromatic carbocycles. The first-order chi connectivity index (χ1) is 14.4. The van der Waals surface area contributed by atoms with Gasteiger partial charge in [0.05, 0.1) is 16.9 Å². The SMILES string of the molecule is CCN(C(=O)COc1ncnc2scc(-c3ccc(C)cc3)c12)C1CCS(=O)(=O)C1. The van der Waals surface area contributed by atoms with Crippen LogP contribution < -0.4 is 4.74 Å². The van der Waals surface area contributed by atoms with E-state index >= 15 is 0 Å². The summed E-state index contributed by atoms with van der Waals surface area (Å²) in [5, 5.41) is 2.80. The first kappa shape index (κ1) is 20.7. The van der Waals surface area contributed by atoms with Crippen LogP contribution in [0.25, 0.3) is 21.3 Å². The van der Waals surface area contributed by atoms with Crippen molar-refractivity contribution in [1.82, 2.24) is 14.9 Å². The van der Waals surface area contributed by atoms with Crippen LogP contribution in [0.3, 0.4) is 0 Å². The van der Waals surface area contributed by atoms with Crippen molar-refractivity contribution in [2.24, 2.45) is 0 Å². The first-order valence-corrected chi connectivity index (χ1v) is 12.5. The van der Waals surface area contributed by atoms with Gasteiger partial charge in [-0.2, -0.15) is 0 Å². The van der Waals surface area contributed by atoms with Crippen molar-refractivity contribution >= 4 is 37.3 Å². The molecule has 0 N–H and O–H groups in total. The molecule has 1 fully saturated rings. The second-order valence-electron chi connectivity index (χ2n) is 7.40. The summed E-state index contributed by atoms with van der Waals surface area (Å²) in [5.74, 6) is 0.273. The van der Waals surface area contributed by atoms with Crippen molar-refractivity contribution in [1.29, 1.82) is 0 Å². The molecule has 1 amide bonds. The van der Waals surface area contributed by atoms with Crippen molar-refractivity contribution in [3.63, 3.8) is 0 Å². The maximum atomic E-state index is 12.8. The molecule has 0 saturated carbocycles. The minimum absolute atomic E-state index is 0.0203. The van der Waals surface area contributed by atoms with Crippen LogP contribution in [0.15, 0.2) is 36.0 Å². The average Bonchev–Trinajstić information content (AvgIpc) is 3.31. The number of rotatable bonds is 6. The molecule has 1 aliphatic rings. The van der Waals surface area contributed by atoms with Gasteiger partial charge in [-0.1, -0.05) is 29.8 Å². The highest BCUT2D eigenvalue weighted by molar-refractivity contribution is 7.91. The first-order valence-electron chi connectivity index (χ1n) is 9.80. The Hall–Kier alpha value is -2.52. The number of carbonyl (C=O) groups is 1. The van der Waals surface area contributed by atoms with Gasteiger partial charge in [0, 0.05) is 23.5 Å². The van der Waals surface area contributed by atoms with Crippen LogP contribution in [0.5, 0.6) is 5.88 Å². The van der Waals surface area contributed by atoms with Gasteiger partial charge < -0.3 is 9.64 Å². The van der Waals surface area contributed by atoms with Gasteiger partial charge in [0.25, 0.3) is 5.91 Å². The Kier molecular flexibility index (Phi) is 5.75. The lowest BCUT2D eigenvalue weighted by molar-refractivity contribution is -0.135. The molecule has 1 unspecified atom stereocenters. The molecule has 2 aromatic heterocycles. The molecule has 1 saturated heterocycles. The molecule has 0 spiro atoms. The summed E-state index contributed by atoms with van der Waals surface area (Å²) < 4.78 is 29.4. The molecule has 1 atom stereocenters. The lowest BCUT2D eigenvalue weighted by Crippen LogP contribution is -2.43.